The van der Waals surface area contributed by atoms with E-state index in [2.05, 4.69) is 10.5 Å². The molecule has 1 aromatic heterocycles. The van der Waals surface area contributed by atoms with Crippen molar-refractivity contribution in [1.82, 2.24) is 10.0 Å². The van der Waals surface area contributed by atoms with Crippen LogP contribution in [-0.4, -0.2) is 39.5 Å². The van der Waals surface area contributed by atoms with Crippen molar-refractivity contribution in [3.8, 4) is 0 Å². The van der Waals surface area contributed by atoms with Crippen LogP contribution < -0.4 is 15.8 Å². The monoisotopic (exact) mass is 321 g/mol. The minimum absolute atomic E-state index is 0.0526. The summed E-state index contributed by atoms with van der Waals surface area (Å²) in [6.07, 6.45) is 0. The first kappa shape index (κ1) is 16.1. The second-order valence-corrected chi connectivity index (χ2v) is 6.27. The van der Waals surface area contributed by atoms with Crippen LogP contribution in [-0.2, 0) is 24.3 Å². The standard InChI is InChI=1S/C9H11N3O6S2/c10-9(15)12-6(13)5-18-7(14)4-11-20(16,17)8-2-1-3-19-8/h1-3,11H,4-5H2,(H3,10,12,13,15). The number of hydrogen-bond donors (Lipinski definition) is 3. The molecule has 9 nitrogen and oxygen atoms in total. The first-order chi connectivity index (χ1) is 9.31. The highest BCUT2D eigenvalue weighted by Gasteiger charge is 2.17. The quantitative estimate of drug-likeness (QED) is 0.559. The molecule has 0 aliphatic carbocycles. The highest BCUT2D eigenvalue weighted by atomic mass is 32.2. The Labute approximate surface area is 118 Å². The van der Waals surface area contributed by atoms with Crippen molar-refractivity contribution >= 4 is 39.3 Å². The Balaban J connectivity index is 2.37. The maximum atomic E-state index is 11.6. The first-order valence-corrected chi connectivity index (χ1v) is 7.45. The number of ether oxygens (including phenoxy) is 1. The highest BCUT2D eigenvalue weighted by Crippen LogP contribution is 2.14. The molecule has 0 atom stereocenters. The van der Waals surface area contributed by atoms with Gasteiger partial charge in [-0.05, 0) is 11.4 Å². The molecule has 0 fully saturated rings. The van der Waals surface area contributed by atoms with Gasteiger partial charge in [0.05, 0.1) is 0 Å². The molecule has 0 aromatic carbocycles. The van der Waals surface area contributed by atoms with Gasteiger partial charge in [0.15, 0.2) is 6.61 Å². The lowest BCUT2D eigenvalue weighted by Crippen LogP contribution is -2.38. The Morgan fingerprint density at radius 2 is 2.05 bits per heavy atom. The lowest BCUT2D eigenvalue weighted by Gasteiger charge is -2.05. The molecule has 0 saturated carbocycles. The third-order valence-electron chi connectivity index (χ3n) is 1.79. The Morgan fingerprint density at radius 1 is 1.35 bits per heavy atom. The van der Waals surface area contributed by atoms with E-state index in [-0.39, 0.29) is 4.21 Å². The molecule has 0 bridgehead atoms. The van der Waals surface area contributed by atoms with Gasteiger partial charge in [-0.25, -0.2) is 13.2 Å². The number of rotatable bonds is 6. The average Bonchev–Trinajstić information content (AvgIpc) is 2.87. The fraction of sp³-hybridized carbons (Fsp3) is 0.222. The second kappa shape index (κ2) is 6.98. The summed E-state index contributed by atoms with van der Waals surface area (Å²) in [7, 11) is -3.78. The van der Waals surface area contributed by atoms with E-state index in [0.29, 0.717) is 0 Å². The molecule has 3 amide bonds. The van der Waals surface area contributed by atoms with Gasteiger partial charge in [0, 0.05) is 0 Å². The average molecular weight is 321 g/mol. The van der Waals surface area contributed by atoms with Gasteiger partial charge in [0.1, 0.15) is 10.8 Å². The summed E-state index contributed by atoms with van der Waals surface area (Å²) in [5.74, 6) is -1.88. The molecule has 20 heavy (non-hydrogen) atoms. The van der Waals surface area contributed by atoms with E-state index >= 15 is 0 Å². The molecular weight excluding hydrogens is 310 g/mol. The number of esters is 1. The van der Waals surface area contributed by atoms with Crippen LogP contribution >= 0.6 is 11.3 Å². The maximum Gasteiger partial charge on any atom is 0.321 e. The summed E-state index contributed by atoms with van der Waals surface area (Å²) in [5, 5.41) is 3.25. The van der Waals surface area contributed by atoms with Gasteiger partial charge < -0.3 is 10.5 Å². The fourth-order valence-corrected chi connectivity index (χ4v) is 3.02. The van der Waals surface area contributed by atoms with E-state index in [1.807, 2.05) is 4.72 Å². The predicted octanol–water partition coefficient (Wildman–Crippen LogP) is -1.24. The summed E-state index contributed by atoms with van der Waals surface area (Å²) in [5.41, 5.74) is 4.67. The van der Waals surface area contributed by atoms with Crippen molar-refractivity contribution in [3.63, 3.8) is 0 Å². The van der Waals surface area contributed by atoms with E-state index in [0.717, 1.165) is 11.3 Å². The number of urea groups is 1. The number of nitrogens with one attached hydrogen (secondary N) is 2. The van der Waals surface area contributed by atoms with Crippen molar-refractivity contribution in [1.29, 1.82) is 0 Å². The molecule has 1 heterocycles. The lowest BCUT2D eigenvalue weighted by molar-refractivity contribution is -0.147. The number of hydrogen-bond acceptors (Lipinski definition) is 7. The van der Waals surface area contributed by atoms with Gasteiger partial charge in [-0.2, -0.15) is 4.72 Å². The molecular formula is C9H11N3O6S2. The Kier molecular flexibility index (Phi) is 5.61. The molecule has 4 N–H and O–H groups in total. The molecule has 1 rings (SSSR count). The fourth-order valence-electron chi connectivity index (χ4n) is 1.01. The summed E-state index contributed by atoms with van der Waals surface area (Å²) in [6, 6.07) is 1.84. The van der Waals surface area contributed by atoms with Gasteiger partial charge in [-0.1, -0.05) is 6.07 Å². The molecule has 1 aromatic rings. The minimum atomic E-state index is -3.78. The summed E-state index contributed by atoms with van der Waals surface area (Å²) in [4.78, 5) is 32.4. The van der Waals surface area contributed by atoms with E-state index in [1.165, 1.54) is 6.07 Å². The number of carbonyl (C=O) groups is 3. The second-order valence-electron chi connectivity index (χ2n) is 3.33. The topological polar surface area (TPSA) is 145 Å². The van der Waals surface area contributed by atoms with E-state index in [4.69, 9.17) is 0 Å². The Hall–Kier alpha value is -1.98. The Morgan fingerprint density at radius 3 is 2.60 bits per heavy atom. The molecule has 110 valence electrons. The number of primary amides is 1. The summed E-state index contributed by atoms with van der Waals surface area (Å²) in [6.45, 7) is -1.37. The smallest absolute Gasteiger partial charge is 0.321 e. The van der Waals surface area contributed by atoms with E-state index < -0.39 is 41.1 Å². The zero-order valence-corrected chi connectivity index (χ0v) is 11.6. The SMILES string of the molecule is NC(=O)NC(=O)COC(=O)CNS(=O)(=O)c1cccs1. The van der Waals surface area contributed by atoms with Crippen molar-refractivity contribution in [2.24, 2.45) is 5.73 Å². The zero-order valence-electron chi connectivity index (χ0n) is 9.99. The third-order valence-corrected chi connectivity index (χ3v) is 4.59. The number of thiophene rings is 1. The number of imide groups is 1. The van der Waals surface area contributed by atoms with Gasteiger partial charge >= 0.3 is 12.0 Å². The molecule has 0 radical (unpaired) electrons. The van der Waals surface area contributed by atoms with Gasteiger partial charge in [-0.15, -0.1) is 11.3 Å². The van der Waals surface area contributed by atoms with Crippen LogP contribution in [0.2, 0.25) is 0 Å². The lowest BCUT2D eigenvalue weighted by atomic mass is 10.6. The number of carbonyl (C=O) groups excluding carboxylic acids is 3. The molecule has 0 saturated heterocycles. The van der Waals surface area contributed by atoms with Gasteiger partial charge in [0.25, 0.3) is 15.9 Å². The summed E-state index contributed by atoms with van der Waals surface area (Å²) < 4.78 is 29.8. The molecule has 0 aliphatic rings. The van der Waals surface area contributed by atoms with E-state index in [9.17, 15) is 22.8 Å². The summed E-state index contributed by atoms with van der Waals surface area (Å²) >= 11 is 0.989. The van der Waals surface area contributed by atoms with Crippen LogP contribution in [0, 0.1) is 0 Å². The van der Waals surface area contributed by atoms with Gasteiger partial charge in [0.2, 0.25) is 0 Å². The van der Waals surface area contributed by atoms with Crippen molar-refractivity contribution < 1.29 is 27.5 Å². The molecule has 0 aliphatic heterocycles. The van der Waals surface area contributed by atoms with Crippen LogP contribution in [0.3, 0.4) is 0 Å². The third kappa shape index (κ3) is 5.34. The molecule has 11 heteroatoms. The largest absolute Gasteiger partial charge is 0.455 e. The van der Waals surface area contributed by atoms with Gasteiger partial charge in [-0.3, -0.25) is 14.9 Å². The zero-order chi connectivity index (χ0) is 15.2. The normalized spacial score (nSPS) is 10.8. The van der Waals surface area contributed by atoms with E-state index in [1.54, 1.807) is 16.8 Å². The molecule has 0 unspecified atom stereocenters. The number of sulfonamides is 1. The number of nitrogens with two attached hydrogens (primary N) is 1. The minimum Gasteiger partial charge on any atom is -0.455 e. The Bertz CT molecular complexity index is 595. The van der Waals surface area contributed by atoms with Crippen molar-refractivity contribution in [2.75, 3.05) is 13.2 Å². The van der Waals surface area contributed by atoms with Crippen LogP contribution in [0.4, 0.5) is 4.79 Å². The number of amides is 3. The van der Waals surface area contributed by atoms with Crippen LogP contribution in [0.1, 0.15) is 0 Å². The van der Waals surface area contributed by atoms with Crippen LogP contribution in [0.25, 0.3) is 0 Å². The van der Waals surface area contributed by atoms with Crippen LogP contribution in [0.5, 0.6) is 0 Å². The maximum absolute atomic E-state index is 11.6. The highest BCUT2D eigenvalue weighted by molar-refractivity contribution is 7.91. The predicted molar refractivity (Wildman–Crippen MR) is 68.2 cm³/mol. The van der Waals surface area contributed by atoms with Crippen molar-refractivity contribution in [2.45, 2.75) is 4.21 Å². The molecule has 0 spiro atoms. The van der Waals surface area contributed by atoms with Crippen molar-refractivity contribution in [3.05, 3.63) is 17.5 Å². The van der Waals surface area contributed by atoms with Crippen LogP contribution in [0.15, 0.2) is 21.7 Å². The first-order valence-electron chi connectivity index (χ1n) is 5.09.